The highest BCUT2D eigenvalue weighted by Crippen LogP contribution is 2.44. The van der Waals surface area contributed by atoms with Gasteiger partial charge in [-0.25, -0.2) is 4.79 Å². The number of esters is 1. The van der Waals surface area contributed by atoms with Crippen LogP contribution in [0.2, 0.25) is 0 Å². The SMILES string of the molecule is C=C(C1=C(C(=O)OCc2ccc(OC)cc2)N2C(=O)[C@@H](NC(=O)CSc3ccccc3)[C@H]2SC1)c1cc(CC)no1. The van der Waals surface area contributed by atoms with Crippen LogP contribution in [-0.4, -0.2) is 57.9 Å². The zero-order valence-corrected chi connectivity index (χ0v) is 24.3. The monoisotopic (exact) mass is 591 g/mol. The minimum Gasteiger partial charge on any atom is -0.497 e. The van der Waals surface area contributed by atoms with E-state index in [0.717, 1.165) is 16.2 Å². The number of β-lactam (4-membered cyclic amide) rings is 1. The average Bonchev–Trinajstić information content (AvgIpc) is 3.50. The van der Waals surface area contributed by atoms with E-state index in [1.54, 1.807) is 37.4 Å². The summed E-state index contributed by atoms with van der Waals surface area (Å²) in [5.41, 5.74) is 2.61. The largest absolute Gasteiger partial charge is 0.497 e. The lowest BCUT2D eigenvalue weighted by Crippen LogP contribution is -2.70. The molecule has 1 N–H and O–H groups in total. The number of methoxy groups -OCH3 is 1. The Labute approximate surface area is 246 Å². The van der Waals surface area contributed by atoms with Crippen molar-refractivity contribution in [2.75, 3.05) is 18.6 Å². The third-order valence-corrected chi connectivity index (χ3v) is 9.00. The molecule has 0 spiro atoms. The van der Waals surface area contributed by atoms with Gasteiger partial charge in [-0.2, -0.15) is 0 Å². The predicted octanol–water partition coefficient (Wildman–Crippen LogP) is 4.45. The van der Waals surface area contributed by atoms with Gasteiger partial charge in [-0.1, -0.05) is 49.0 Å². The lowest BCUT2D eigenvalue weighted by Gasteiger charge is -2.49. The molecule has 0 bridgehead atoms. The van der Waals surface area contributed by atoms with E-state index >= 15 is 0 Å². The number of thioether (sulfide) groups is 2. The number of allylic oxidation sites excluding steroid dienone is 1. The molecule has 1 saturated heterocycles. The van der Waals surface area contributed by atoms with E-state index in [2.05, 4.69) is 17.1 Å². The van der Waals surface area contributed by atoms with Crippen LogP contribution < -0.4 is 10.1 Å². The van der Waals surface area contributed by atoms with E-state index < -0.39 is 17.4 Å². The maximum atomic E-state index is 13.5. The van der Waals surface area contributed by atoms with Crippen molar-refractivity contribution in [2.45, 2.75) is 36.3 Å². The first-order valence-electron chi connectivity index (χ1n) is 13.0. The van der Waals surface area contributed by atoms with Crippen molar-refractivity contribution < 1.29 is 28.4 Å². The molecule has 0 aliphatic carbocycles. The standard InChI is InChI=1S/C30H29N3O6S2/c1-4-20-14-24(39-32-20)18(2)23-16-41-29-26(31-25(34)17-40-22-8-6-5-7-9-22)28(35)33(29)27(23)30(36)38-15-19-10-12-21(37-3)13-11-19/h5-14,26,29H,2,4,15-17H2,1,3H3,(H,31,34)/t26-,29-/m1/s1. The van der Waals surface area contributed by atoms with Crippen LogP contribution in [0.25, 0.3) is 5.57 Å². The maximum Gasteiger partial charge on any atom is 0.355 e. The molecule has 9 nitrogen and oxygen atoms in total. The van der Waals surface area contributed by atoms with Gasteiger partial charge in [-0.3, -0.25) is 14.5 Å². The van der Waals surface area contributed by atoms with Gasteiger partial charge in [0.1, 0.15) is 29.5 Å². The summed E-state index contributed by atoms with van der Waals surface area (Å²) in [6.45, 7) is 6.12. The van der Waals surface area contributed by atoms with Gasteiger partial charge in [0.15, 0.2) is 5.76 Å². The van der Waals surface area contributed by atoms with Gasteiger partial charge < -0.3 is 19.3 Å². The van der Waals surface area contributed by atoms with Crippen LogP contribution >= 0.6 is 23.5 Å². The normalized spacial score (nSPS) is 17.9. The van der Waals surface area contributed by atoms with Gasteiger partial charge in [0, 0.05) is 27.9 Å². The molecule has 2 aromatic carbocycles. The number of rotatable bonds is 11. The number of aryl methyl sites for hydroxylation is 1. The Bertz CT molecular complexity index is 1490. The molecule has 2 amide bonds. The fraction of sp³-hybridized carbons (Fsp3) is 0.267. The Morgan fingerprint density at radius 1 is 1.20 bits per heavy atom. The highest BCUT2D eigenvalue weighted by atomic mass is 32.2. The Kier molecular flexibility index (Phi) is 8.84. The van der Waals surface area contributed by atoms with Gasteiger partial charge in [-0.05, 0) is 36.2 Å². The lowest BCUT2D eigenvalue weighted by atomic mass is 9.98. The average molecular weight is 592 g/mol. The van der Waals surface area contributed by atoms with Crippen LogP contribution in [0.4, 0.5) is 0 Å². The molecular formula is C30H29N3O6S2. The van der Waals surface area contributed by atoms with Crippen LogP contribution in [0.5, 0.6) is 5.75 Å². The number of nitrogens with one attached hydrogen (secondary N) is 1. The molecule has 2 atom stereocenters. The quantitative estimate of drug-likeness (QED) is 0.196. The van der Waals surface area contributed by atoms with Gasteiger partial charge in [0.05, 0.1) is 18.6 Å². The Morgan fingerprint density at radius 3 is 2.63 bits per heavy atom. The fourth-order valence-corrected chi connectivity index (χ4v) is 6.54. The van der Waals surface area contributed by atoms with Gasteiger partial charge >= 0.3 is 5.97 Å². The van der Waals surface area contributed by atoms with Crippen LogP contribution in [0.15, 0.2) is 87.9 Å². The molecule has 2 aliphatic rings. The first kappa shape index (κ1) is 28.6. The molecule has 1 aromatic heterocycles. The molecule has 0 saturated carbocycles. The molecule has 1 fully saturated rings. The Hall–Kier alpha value is -3.96. The fourth-order valence-electron chi connectivity index (χ4n) is 4.43. The van der Waals surface area contributed by atoms with E-state index in [-0.39, 0.29) is 29.9 Å². The summed E-state index contributed by atoms with van der Waals surface area (Å²) >= 11 is 2.84. The first-order chi connectivity index (χ1) is 19.9. The number of nitrogens with zero attached hydrogens (tertiary/aromatic N) is 2. The second-order valence-electron chi connectivity index (χ2n) is 9.32. The minimum absolute atomic E-state index is 0.00505. The molecule has 0 unspecified atom stereocenters. The van der Waals surface area contributed by atoms with E-state index in [1.165, 1.54) is 28.4 Å². The number of amides is 2. The van der Waals surface area contributed by atoms with Crippen molar-refractivity contribution in [3.8, 4) is 5.75 Å². The van der Waals surface area contributed by atoms with E-state index in [9.17, 15) is 14.4 Å². The number of hydrogen-bond acceptors (Lipinski definition) is 9. The smallest absolute Gasteiger partial charge is 0.355 e. The molecule has 0 radical (unpaired) electrons. The number of carbonyl (C=O) groups is 3. The second-order valence-corrected chi connectivity index (χ2v) is 11.5. The second kappa shape index (κ2) is 12.7. The number of aromatic nitrogens is 1. The Morgan fingerprint density at radius 2 is 1.95 bits per heavy atom. The van der Waals surface area contributed by atoms with Crippen molar-refractivity contribution in [3.63, 3.8) is 0 Å². The number of ether oxygens (including phenoxy) is 2. The number of benzene rings is 2. The van der Waals surface area contributed by atoms with Crippen molar-refractivity contribution in [3.05, 3.63) is 95.5 Å². The molecule has 41 heavy (non-hydrogen) atoms. The number of carbonyl (C=O) groups excluding carboxylic acids is 3. The van der Waals surface area contributed by atoms with Crippen LogP contribution in [-0.2, 0) is 32.1 Å². The van der Waals surface area contributed by atoms with Crippen LogP contribution in [0, 0.1) is 0 Å². The van der Waals surface area contributed by atoms with Crippen LogP contribution in [0.3, 0.4) is 0 Å². The number of hydrogen-bond donors (Lipinski definition) is 1. The zero-order valence-electron chi connectivity index (χ0n) is 22.6. The predicted molar refractivity (Wildman–Crippen MR) is 157 cm³/mol. The highest BCUT2D eigenvalue weighted by Gasteiger charge is 2.54. The molecule has 3 heterocycles. The molecule has 2 aliphatic heterocycles. The molecule has 5 rings (SSSR count). The summed E-state index contributed by atoms with van der Waals surface area (Å²) in [5, 5.41) is 6.43. The highest BCUT2D eigenvalue weighted by molar-refractivity contribution is 8.00. The molecular weight excluding hydrogens is 562 g/mol. The summed E-state index contributed by atoms with van der Waals surface area (Å²) in [5.74, 6) is 0.358. The topological polar surface area (TPSA) is 111 Å². The lowest BCUT2D eigenvalue weighted by molar-refractivity contribution is -0.153. The van der Waals surface area contributed by atoms with Crippen molar-refractivity contribution in [2.24, 2.45) is 0 Å². The molecule has 11 heteroatoms. The van der Waals surface area contributed by atoms with E-state index in [1.807, 2.05) is 37.3 Å². The molecule has 212 valence electrons. The third kappa shape index (κ3) is 6.20. The van der Waals surface area contributed by atoms with Crippen molar-refractivity contribution in [1.29, 1.82) is 0 Å². The first-order valence-corrected chi connectivity index (χ1v) is 15.0. The van der Waals surface area contributed by atoms with Gasteiger partial charge in [0.25, 0.3) is 5.91 Å². The molecule has 3 aromatic rings. The summed E-state index contributed by atoms with van der Waals surface area (Å²) in [6.07, 6.45) is 0.679. The summed E-state index contributed by atoms with van der Waals surface area (Å²) in [4.78, 5) is 42.0. The zero-order chi connectivity index (χ0) is 28.9. The van der Waals surface area contributed by atoms with E-state index in [4.69, 9.17) is 14.0 Å². The maximum absolute atomic E-state index is 13.5. The third-order valence-electron chi connectivity index (χ3n) is 6.70. The Balaban J connectivity index is 1.34. The summed E-state index contributed by atoms with van der Waals surface area (Å²) < 4.78 is 16.3. The van der Waals surface area contributed by atoms with Crippen molar-refractivity contribution >= 4 is 46.9 Å². The minimum atomic E-state index is -0.750. The van der Waals surface area contributed by atoms with Crippen molar-refractivity contribution in [1.82, 2.24) is 15.4 Å². The summed E-state index contributed by atoms with van der Waals surface area (Å²) in [6, 6.07) is 17.7. The van der Waals surface area contributed by atoms with Gasteiger partial charge in [0.2, 0.25) is 5.91 Å². The van der Waals surface area contributed by atoms with Crippen LogP contribution in [0.1, 0.15) is 23.9 Å². The van der Waals surface area contributed by atoms with Gasteiger partial charge in [-0.15, -0.1) is 23.5 Å². The number of fused-ring (bicyclic) bond motifs is 1. The summed E-state index contributed by atoms with van der Waals surface area (Å²) in [7, 11) is 1.58. The van der Waals surface area contributed by atoms with E-state index in [0.29, 0.717) is 34.8 Å².